The quantitative estimate of drug-likeness (QED) is 0.0203. The van der Waals surface area contributed by atoms with Crippen molar-refractivity contribution >= 4 is 98.0 Å². The predicted molar refractivity (Wildman–Crippen MR) is 291 cm³/mol. The largest absolute Gasteiger partial charge is 3.00 e. The van der Waals surface area contributed by atoms with Gasteiger partial charge in [-0.1, -0.05) is 0 Å². The van der Waals surface area contributed by atoms with Crippen LogP contribution in [0.2, 0.25) is 0 Å². The number of hydrogen-bond donors (Lipinski definition) is 6. The van der Waals surface area contributed by atoms with Crippen LogP contribution in [-0.2, 0) is 94.8 Å². The van der Waals surface area contributed by atoms with E-state index in [2.05, 4.69) is 30.0 Å². The minimum Gasteiger partial charge on any atom is -1.00 e. The van der Waals surface area contributed by atoms with E-state index in [0.717, 1.165) is 109 Å². The van der Waals surface area contributed by atoms with Gasteiger partial charge in [0, 0.05) is 70.7 Å². The van der Waals surface area contributed by atoms with E-state index in [1.54, 1.807) is 0 Å². The summed E-state index contributed by atoms with van der Waals surface area (Å²) in [7, 11) is -28.0. The first kappa shape index (κ1) is 77.9. The minimum atomic E-state index is -4.67. The molecule has 0 heterocycles. The van der Waals surface area contributed by atoms with Crippen LogP contribution in [-0.4, -0.2) is 185 Å². The van der Waals surface area contributed by atoms with Gasteiger partial charge >= 0.3 is 34.1 Å². The maximum atomic E-state index is 11.0. The number of benzene rings is 6. The molecular formula is C48H42ClMn2N6O24S6-. The molecule has 39 heteroatoms. The maximum absolute atomic E-state index is 11.0. The molecule has 6 N–H and O–H groups in total. The molecule has 0 fully saturated rings. The van der Waals surface area contributed by atoms with Gasteiger partial charge in [0.25, 0.3) is 0 Å². The van der Waals surface area contributed by atoms with Crippen molar-refractivity contribution in [1.82, 2.24) is 0 Å². The molecule has 0 saturated heterocycles. The number of hydrogen-bond acceptors (Lipinski definition) is 30. The summed E-state index contributed by atoms with van der Waals surface area (Å²) in [5.74, 6) is -1.58. The number of nitrogens with zero attached hydrogens (tertiary/aromatic N) is 6. The topological polar surface area (TPSA) is 539 Å². The third kappa shape index (κ3) is 26.0. The van der Waals surface area contributed by atoms with Gasteiger partial charge in [-0.3, -0.25) is 30.0 Å². The first-order chi connectivity index (χ1) is 38.9. The zero-order chi connectivity index (χ0) is 62.8. The van der Waals surface area contributed by atoms with Crippen molar-refractivity contribution in [3.8, 4) is 34.5 Å². The molecule has 0 aliphatic heterocycles. The Bertz CT molecular complexity index is 3600. The summed E-state index contributed by atoms with van der Waals surface area (Å²) < 4.78 is 198. The van der Waals surface area contributed by atoms with E-state index in [-0.39, 0.29) is 154 Å². The summed E-state index contributed by atoms with van der Waals surface area (Å²) in [6.45, 7) is 0.611. The van der Waals surface area contributed by atoms with Gasteiger partial charge in [-0.2, -0.15) is 0 Å². The number of halogens is 1. The van der Waals surface area contributed by atoms with Gasteiger partial charge < -0.3 is 70.4 Å². The Morgan fingerprint density at radius 3 is 0.483 bits per heavy atom. The number of phenolic OH excluding ortho intramolecular Hbond substituents is 6. The Morgan fingerprint density at radius 1 is 0.264 bits per heavy atom. The standard InChI is InChI=1S/3C16H16N2O8S2.ClH.2Mn/c3*19-15-3-1-13(27(21,22)23)7-11(15)9-17-5-6-18-10-12-8-14(28(24,25)26)2-4-16(12)20;;;/h3*1-4,7-10,19-20H,5-6H2,(H,21,22,23)(H,24,25,26);1H;;/q;;;;2*+3/p-7. The third-order valence-corrected chi connectivity index (χ3v) is 15.2. The number of rotatable bonds is 21. The van der Waals surface area contributed by atoms with Crippen molar-refractivity contribution in [2.45, 2.75) is 29.4 Å². The van der Waals surface area contributed by atoms with Gasteiger partial charge in [-0.15, -0.1) is 0 Å². The van der Waals surface area contributed by atoms with Crippen LogP contribution in [0.4, 0.5) is 0 Å². The Balaban J connectivity index is 0.000000641. The van der Waals surface area contributed by atoms with Crippen LogP contribution in [0.25, 0.3) is 0 Å². The fourth-order valence-corrected chi connectivity index (χ4v) is 9.11. The second kappa shape index (κ2) is 33.9. The number of aromatic hydroxyl groups is 6. The number of phenols is 6. The smallest absolute Gasteiger partial charge is 1.00 e. The molecule has 0 aromatic heterocycles. The molecule has 6 aromatic rings. The molecule has 30 nitrogen and oxygen atoms in total. The van der Waals surface area contributed by atoms with Crippen molar-refractivity contribution in [3.05, 3.63) is 143 Å². The zero-order valence-corrected chi connectivity index (χ0v) is 51.4. The van der Waals surface area contributed by atoms with Crippen molar-refractivity contribution in [2.75, 3.05) is 39.3 Å². The van der Waals surface area contributed by atoms with Crippen LogP contribution in [0, 0.1) is 0 Å². The summed E-state index contributed by atoms with van der Waals surface area (Å²) in [4.78, 5) is 20.6. The second-order valence-electron chi connectivity index (χ2n) is 16.3. The molecule has 466 valence electrons. The molecule has 6 rings (SSSR count). The van der Waals surface area contributed by atoms with Gasteiger partial charge in [0.05, 0.1) is 68.6 Å². The van der Waals surface area contributed by atoms with E-state index in [1.165, 1.54) is 37.3 Å². The van der Waals surface area contributed by atoms with Crippen molar-refractivity contribution in [3.63, 3.8) is 0 Å². The van der Waals surface area contributed by atoms with E-state index in [4.69, 9.17) is 0 Å². The first-order valence-electron chi connectivity index (χ1n) is 22.7. The first-order valence-corrected chi connectivity index (χ1v) is 31.1. The monoisotopic (exact) mass is 1420 g/mol. The summed E-state index contributed by atoms with van der Waals surface area (Å²) in [5.41, 5.74) is 0.205. The van der Waals surface area contributed by atoms with Gasteiger partial charge in [0.1, 0.15) is 95.2 Å². The average molecular weight is 1420 g/mol. The van der Waals surface area contributed by atoms with Crippen LogP contribution in [0.15, 0.2) is 169 Å². The van der Waals surface area contributed by atoms with E-state index in [0.29, 0.717) is 0 Å². The Kier molecular flexibility index (Phi) is 30.4. The third-order valence-electron chi connectivity index (χ3n) is 10.2. The molecule has 0 aliphatic rings. The van der Waals surface area contributed by atoms with Crippen LogP contribution in [0.3, 0.4) is 0 Å². The van der Waals surface area contributed by atoms with Crippen molar-refractivity contribution < 1.29 is 155 Å². The van der Waals surface area contributed by atoms with Gasteiger partial charge in [0.2, 0.25) is 0 Å². The maximum Gasteiger partial charge on any atom is 3.00 e. The fraction of sp³-hybridized carbons (Fsp3) is 0.125. The molecule has 0 spiro atoms. The summed E-state index contributed by atoms with van der Waals surface area (Å²) in [6, 6.07) is 18.1. The number of aliphatic imine (C=N–C) groups is 6. The van der Waals surface area contributed by atoms with Crippen LogP contribution in [0.5, 0.6) is 34.5 Å². The predicted octanol–water partition coefficient (Wildman–Crippen LogP) is -1.67. The Hall–Kier alpha value is -7.07. The SMILES string of the molecule is O=S(=O)([O-])c1ccc(O)c(C=NCCN=Cc2cc(S(=O)(=O)[O-])ccc2O)c1.O=S(=O)([O-])c1ccc(O)c(C=NCCN=Cc2cc(S(=O)(=O)[O-])ccc2O)c1.O=S(=O)([O-])c1ccc(O)c(C=NCCN=Cc2cc(S(=O)(=O)[O-])ccc2O)c1.[Cl-].[Mn+3].[Mn+3]. The van der Waals surface area contributed by atoms with Crippen molar-refractivity contribution in [2.24, 2.45) is 30.0 Å². The summed E-state index contributed by atoms with van der Waals surface area (Å²) in [6.07, 6.45) is 7.01. The molecule has 0 atom stereocenters. The molecular weight excluding hydrogens is 1380 g/mol. The molecule has 0 radical (unpaired) electrons. The van der Waals surface area contributed by atoms with Crippen LogP contribution in [0.1, 0.15) is 33.4 Å². The van der Waals surface area contributed by atoms with Gasteiger partial charge in [0.15, 0.2) is 0 Å². The average Bonchev–Trinajstić information content (AvgIpc) is 3.46. The van der Waals surface area contributed by atoms with E-state index >= 15 is 0 Å². The normalized spacial score (nSPS) is 12.3. The Labute approximate surface area is 524 Å². The van der Waals surface area contributed by atoms with E-state index in [1.807, 2.05) is 0 Å². The van der Waals surface area contributed by atoms with Crippen LogP contribution >= 0.6 is 0 Å². The van der Waals surface area contributed by atoms with E-state index < -0.39 is 90.1 Å². The van der Waals surface area contributed by atoms with Gasteiger partial charge in [-0.05, 0) is 109 Å². The molecule has 0 amide bonds. The molecule has 0 aliphatic carbocycles. The summed E-state index contributed by atoms with van der Waals surface area (Å²) in [5, 5.41) is 57.9. The molecule has 0 unspecified atom stereocenters. The molecule has 0 saturated carbocycles. The molecule has 87 heavy (non-hydrogen) atoms. The van der Waals surface area contributed by atoms with Gasteiger partial charge in [-0.25, -0.2) is 50.5 Å². The van der Waals surface area contributed by atoms with E-state index in [9.17, 15) is 108 Å². The Morgan fingerprint density at radius 2 is 0.379 bits per heavy atom. The fourth-order valence-electron chi connectivity index (χ4n) is 6.07. The second-order valence-corrected chi connectivity index (χ2v) is 24.5. The van der Waals surface area contributed by atoms with Crippen LogP contribution < -0.4 is 12.4 Å². The molecule has 0 bridgehead atoms. The molecule has 6 aromatic carbocycles. The summed E-state index contributed by atoms with van der Waals surface area (Å²) >= 11 is 0. The minimum absolute atomic E-state index is 0. The van der Waals surface area contributed by atoms with Crippen molar-refractivity contribution in [1.29, 1.82) is 0 Å². The zero-order valence-electron chi connectivity index (χ0n) is 43.4.